The van der Waals surface area contributed by atoms with Crippen LogP contribution in [0.5, 0.6) is 0 Å². The van der Waals surface area contributed by atoms with Crippen molar-refractivity contribution in [2.24, 2.45) is 0 Å². The molecule has 0 amide bonds. The predicted octanol–water partition coefficient (Wildman–Crippen LogP) is 1.57. The highest BCUT2D eigenvalue weighted by Gasteiger charge is 2.30. The first-order chi connectivity index (χ1) is 13.2. The van der Waals surface area contributed by atoms with Crippen molar-refractivity contribution in [1.29, 1.82) is 0 Å². The van der Waals surface area contributed by atoms with Crippen LogP contribution in [-0.2, 0) is 11.2 Å². The fourth-order valence-electron chi connectivity index (χ4n) is 4.11. The van der Waals surface area contributed by atoms with E-state index in [0.717, 1.165) is 56.2 Å². The Morgan fingerprint density at radius 1 is 1.22 bits per heavy atom. The Labute approximate surface area is 159 Å². The number of nitrogens with zero attached hydrogens (tertiary/aromatic N) is 4. The van der Waals surface area contributed by atoms with E-state index in [1.54, 1.807) is 18.5 Å². The summed E-state index contributed by atoms with van der Waals surface area (Å²) in [7, 11) is 1.40. The highest BCUT2D eigenvalue weighted by molar-refractivity contribution is 5.90. The lowest BCUT2D eigenvalue weighted by Gasteiger charge is -2.42. The smallest absolute Gasteiger partial charge is 0.338 e. The van der Waals surface area contributed by atoms with E-state index < -0.39 is 0 Å². The number of aromatic nitrogens is 3. The molecule has 4 heterocycles. The van der Waals surface area contributed by atoms with E-state index in [2.05, 4.69) is 31.9 Å². The Hall–Kier alpha value is -2.25. The third-order valence-electron chi connectivity index (χ3n) is 5.96. The van der Waals surface area contributed by atoms with Crippen molar-refractivity contribution in [3.8, 4) is 0 Å². The van der Waals surface area contributed by atoms with E-state index in [4.69, 9.17) is 4.74 Å². The molecule has 144 valence electrons. The number of carbonyl (C=O) groups is 1. The van der Waals surface area contributed by atoms with Gasteiger partial charge in [0.15, 0.2) is 0 Å². The molecule has 7 heteroatoms. The van der Waals surface area contributed by atoms with Gasteiger partial charge < -0.3 is 10.1 Å². The van der Waals surface area contributed by atoms with Gasteiger partial charge in [0.1, 0.15) is 0 Å². The van der Waals surface area contributed by atoms with E-state index in [9.17, 15) is 4.79 Å². The van der Waals surface area contributed by atoms with Gasteiger partial charge in [-0.05, 0) is 37.0 Å². The molecule has 2 aromatic heterocycles. The molecule has 27 heavy (non-hydrogen) atoms. The first-order valence-corrected chi connectivity index (χ1v) is 9.66. The van der Waals surface area contributed by atoms with Gasteiger partial charge >= 0.3 is 5.97 Å². The number of likely N-dealkylation sites (tertiary alicyclic amines) is 1. The highest BCUT2D eigenvalue weighted by Crippen LogP contribution is 2.27. The third kappa shape index (κ3) is 3.61. The maximum atomic E-state index is 12.0. The maximum absolute atomic E-state index is 12.0. The number of hydrogen-bond donors (Lipinski definition) is 1. The van der Waals surface area contributed by atoms with Gasteiger partial charge in [-0.25, -0.2) is 4.79 Å². The second-order valence-corrected chi connectivity index (χ2v) is 7.48. The summed E-state index contributed by atoms with van der Waals surface area (Å²) in [5.41, 5.74) is 3.76. The summed E-state index contributed by atoms with van der Waals surface area (Å²) in [6.07, 6.45) is 8.21. The Bertz CT molecular complexity index is 806. The van der Waals surface area contributed by atoms with Crippen molar-refractivity contribution in [1.82, 2.24) is 25.0 Å². The molecular weight excluding hydrogens is 342 g/mol. The molecule has 2 aromatic rings. The third-order valence-corrected chi connectivity index (χ3v) is 5.96. The number of pyridine rings is 1. The van der Waals surface area contributed by atoms with Crippen LogP contribution in [0.3, 0.4) is 0 Å². The van der Waals surface area contributed by atoms with Crippen molar-refractivity contribution >= 4 is 5.97 Å². The quantitative estimate of drug-likeness (QED) is 0.807. The molecule has 2 saturated heterocycles. The van der Waals surface area contributed by atoms with Crippen molar-refractivity contribution in [2.45, 2.75) is 38.3 Å². The molecule has 0 bridgehead atoms. The Balaban J connectivity index is 1.46. The minimum atomic E-state index is -0.324. The van der Waals surface area contributed by atoms with Gasteiger partial charge in [-0.15, -0.1) is 0 Å². The Kier molecular flexibility index (Phi) is 5.22. The summed E-state index contributed by atoms with van der Waals surface area (Å²) in [6, 6.07) is 2.89. The number of ether oxygens (including phenoxy) is 1. The van der Waals surface area contributed by atoms with Crippen LogP contribution in [0.2, 0.25) is 0 Å². The molecule has 0 atom stereocenters. The Morgan fingerprint density at radius 3 is 2.67 bits per heavy atom. The minimum Gasteiger partial charge on any atom is -0.465 e. The van der Waals surface area contributed by atoms with Crippen LogP contribution in [-0.4, -0.2) is 65.0 Å². The van der Waals surface area contributed by atoms with Crippen LogP contribution < -0.4 is 5.32 Å². The molecule has 1 N–H and O–H groups in total. The number of methoxy groups -OCH3 is 1. The topological polar surface area (TPSA) is 72.3 Å². The maximum Gasteiger partial charge on any atom is 0.338 e. The zero-order valence-corrected chi connectivity index (χ0v) is 16.0. The van der Waals surface area contributed by atoms with Gasteiger partial charge in [-0.3, -0.25) is 14.6 Å². The van der Waals surface area contributed by atoms with Gasteiger partial charge in [0, 0.05) is 56.7 Å². The normalized spacial score (nSPS) is 19.0. The summed E-state index contributed by atoms with van der Waals surface area (Å²) in [4.78, 5) is 18.8. The molecule has 2 fully saturated rings. The molecule has 0 saturated carbocycles. The molecule has 2 aliphatic heterocycles. The molecule has 0 aliphatic carbocycles. The van der Waals surface area contributed by atoms with Crippen LogP contribution in [0.1, 0.15) is 46.1 Å². The number of carbonyl (C=O) groups excluding carboxylic acids is 1. The average molecular weight is 369 g/mol. The van der Waals surface area contributed by atoms with Crippen LogP contribution in [0.4, 0.5) is 0 Å². The molecule has 7 nitrogen and oxygen atoms in total. The standard InChI is InChI=1S/C20H27N5O2/c1-14-15(9-16-10-21-6-3-19(16)20(26)27-2)11-23-25(14)17-4-7-24(8-5-17)18-12-22-13-18/h3,6,10-11,17-18,22H,4-5,7-9,12-13H2,1-2H3. The zero-order chi connectivity index (χ0) is 18.8. The zero-order valence-electron chi connectivity index (χ0n) is 16.0. The Morgan fingerprint density at radius 2 is 2.00 bits per heavy atom. The molecule has 0 spiro atoms. The second kappa shape index (κ2) is 7.78. The number of rotatable bonds is 5. The lowest BCUT2D eigenvalue weighted by atomic mass is 10.00. The second-order valence-electron chi connectivity index (χ2n) is 7.48. The largest absolute Gasteiger partial charge is 0.465 e. The fraction of sp³-hybridized carbons (Fsp3) is 0.550. The van der Waals surface area contributed by atoms with Gasteiger partial charge in [0.25, 0.3) is 0 Å². The van der Waals surface area contributed by atoms with Crippen molar-refractivity contribution in [3.63, 3.8) is 0 Å². The van der Waals surface area contributed by atoms with Crippen LogP contribution in [0.25, 0.3) is 0 Å². The van der Waals surface area contributed by atoms with E-state index in [1.807, 2.05) is 6.20 Å². The lowest BCUT2D eigenvalue weighted by Crippen LogP contribution is -2.58. The molecule has 2 aliphatic rings. The molecule has 0 aromatic carbocycles. The van der Waals surface area contributed by atoms with Gasteiger partial charge in [0.2, 0.25) is 0 Å². The van der Waals surface area contributed by atoms with E-state index in [0.29, 0.717) is 18.0 Å². The van der Waals surface area contributed by atoms with Gasteiger partial charge in [0.05, 0.1) is 24.9 Å². The van der Waals surface area contributed by atoms with Gasteiger partial charge in [-0.1, -0.05) is 0 Å². The minimum absolute atomic E-state index is 0.324. The molecular formula is C20H27N5O2. The number of nitrogens with one attached hydrogen (secondary N) is 1. The molecule has 0 radical (unpaired) electrons. The number of hydrogen-bond acceptors (Lipinski definition) is 6. The molecule has 0 unspecified atom stereocenters. The highest BCUT2D eigenvalue weighted by atomic mass is 16.5. The first kappa shape index (κ1) is 18.1. The van der Waals surface area contributed by atoms with E-state index >= 15 is 0 Å². The van der Waals surface area contributed by atoms with Crippen molar-refractivity contribution < 1.29 is 9.53 Å². The van der Waals surface area contributed by atoms with Crippen LogP contribution in [0, 0.1) is 6.92 Å². The summed E-state index contributed by atoms with van der Waals surface area (Å²) in [6.45, 7) is 6.66. The summed E-state index contributed by atoms with van der Waals surface area (Å²) >= 11 is 0. The monoisotopic (exact) mass is 369 g/mol. The van der Waals surface area contributed by atoms with Crippen LogP contribution in [0.15, 0.2) is 24.7 Å². The number of esters is 1. The van der Waals surface area contributed by atoms with Crippen molar-refractivity contribution in [3.05, 3.63) is 47.0 Å². The molecule has 4 rings (SSSR count). The first-order valence-electron chi connectivity index (χ1n) is 9.66. The lowest BCUT2D eigenvalue weighted by molar-refractivity contribution is 0.0599. The summed E-state index contributed by atoms with van der Waals surface area (Å²) in [5.74, 6) is -0.324. The predicted molar refractivity (Wildman–Crippen MR) is 102 cm³/mol. The van der Waals surface area contributed by atoms with E-state index in [-0.39, 0.29) is 5.97 Å². The van der Waals surface area contributed by atoms with Gasteiger partial charge in [-0.2, -0.15) is 5.10 Å². The van der Waals surface area contributed by atoms with E-state index in [1.165, 1.54) is 12.8 Å². The van der Waals surface area contributed by atoms with Crippen LogP contribution >= 0.6 is 0 Å². The van der Waals surface area contributed by atoms with Crippen molar-refractivity contribution in [2.75, 3.05) is 33.3 Å². The fourth-order valence-corrected chi connectivity index (χ4v) is 4.11. The summed E-state index contributed by atoms with van der Waals surface area (Å²) in [5, 5.41) is 8.04. The SMILES string of the molecule is COC(=O)c1ccncc1Cc1cnn(C2CCN(C3CNC3)CC2)c1C. The number of piperidine rings is 1. The average Bonchev–Trinajstić information content (AvgIpc) is 3.01. The summed E-state index contributed by atoms with van der Waals surface area (Å²) < 4.78 is 7.07.